The van der Waals surface area contributed by atoms with Gasteiger partial charge in [0.25, 0.3) is 0 Å². The molecule has 4 nitrogen and oxygen atoms in total. The summed E-state index contributed by atoms with van der Waals surface area (Å²) in [7, 11) is 0. The predicted molar refractivity (Wildman–Crippen MR) is 193 cm³/mol. The molecule has 1 aliphatic rings. The van der Waals surface area contributed by atoms with E-state index in [1.807, 2.05) is 24.3 Å². The first-order valence-corrected chi connectivity index (χ1v) is 16.0. The molecule has 2 atom stereocenters. The summed E-state index contributed by atoms with van der Waals surface area (Å²) >= 11 is 0. The third-order valence-electron chi connectivity index (χ3n) is 9.15. The Balaban J connectivity index is 1.06. The molecule has 4 heteroatoms. The fourth-order valence-electron chi connectivity index (χ4n) is 6.66. The summed E-state index contributed by atoms with van der Waals surface area (Å²) in [5.74, 6) is 0.870. The Morgan fingerprint density at radius 3 is 1.81 bits per heavy atom. The molecular weight excluding hydrogens is 574 g/mol. The van der Waals surface area contributed by atoms with Gasteiger partial charge in [0.05, 0.1) is 0 Å². The molecule has 0 saturated heterocycles. The molecule has 2 heterocycles. The molecule has 2 N–H and O–H groups in total. The van der Waals surface area contributed by atoms with E-state index in [2.05, 4.69) is 150 Å². The van der Waals surface area contributed by atoms with E-state index in [1.165, 1.54) is 27.5 Å². The maximum atomic E-state index is 6.31. The maximum Gasteiger partial charge on any atom is 0.135 e. The molecule has 0 fully saturated rings. The summed E-state index contributed by atoms with van der Waals surface area (Å²) in [5, 5.41) is 12.1. The fraction of sp³-hybridized carbons (Fsp3) is 0.0465. The van der Waals surface area contributed by atoms with Crippen molar-refractivity contribution >= 4 is 38.5 Å². The number of amidine groups is 1. The van der Waals surface area contributed by atoms with Crippen LogP contribution in [0.15, 0.2) is 173 Å². The molecule has 9 rings (SSSR count). The quantitative estimate of drug-likeness (QED) is 0.205. The van der Waals surface area contributed by atoms with Crippen LogP contribution < -0.4 is 10.6 Å². The summed E-state index contributed by atoms with van der Waals surface area (Å²) in [4.78, 5) is 5.06. The van der Waals surface area contributed by atoms with Gasteiger partial charge in [-0.1, -0.05) is 133 Å². The standard InChI is InChI=1S/C43H31N3O/c1-3-10-31(11-4-1)41-44-42(32-12-5-2-6-13-32)46-43(45-41)36-22-24-40-38(27-36)37-26-35(21-23-39(37)47-40)30-17-15-29(16-18-30)34-20-19-28-9-7-8-14-33(28)25-34/h1-27,41,43,45H,(H,44,46). The molecule has 224 valence electrons. The number of hydrogen-bond donors (Lipinski definition) is 2. The summed E-state index contributed by atoms with van der Waals surface area (Å²) in [6.45, 7) is 0. The van der Waals surface area contributed by atoms with Gasteiger partial charge in [0.15, 0.2) is 0 Å². The average Bonchev–Trinajstić information content (AvgIpc) is 3.52. The number of furan rings is 1. The van der Waals surface area contributed by atoms with Crippen LogP contribution in [0.25, 0.3) is 55.0 Å². The summed E-state index contributed by atoms with van der Waals surface area (Å²) in [6, 6.07) is 57.7. The van der Waals surface area contributed by atoms with Crippen LogP contribution in [0, 0.1) is 0 Å². The molecule has 0 amide bonds. The van der Waals surface area contributed by atoms with Gasteiger partial charge in [-0.2, -0.15) is 0 Å². The van der Waals surface area contributed by atoms with Crippen molar-refractivity contribution in [2.24, 2.45) is 4.99 Å². The Kier molecular flexibility index (Phi) is 6.65. The van der Waals surface area contributed by atoms with Crippen molar-refractivity contribution in [1.29, 1.82) is 0 Å². The zero-order valence-corrected chi connectivity index (χ0v) is 25.6. The van der Waals surface area contributed by atoms with Crippen molar-refractivity contribution in [3.8, 4) is 22.3 Å². The lowest BCUT2D eigenvalue weighted by Crippen LogP contribution is -2.44. The van der Waals surface area contributed by atoms with Gasteiger partial charge in [0, 0.05) is 16.3 Å². The van der Waals surface area contributed by atoms with E-state index >= 15 is 0 Å². The lowest BCUT2D eigenvalue weighted by atomic mass is 9.97. The van der Waals surface area contributed by atoms with Gasteiger partial charge in [0.1, 0.15) is 29.3 Å². The Hall–Kier alpha value is -5.97. The molecule has 0 radical (unpaired) electrons. The van der Waals surface area contributed by atoms with Crippen molar-refractivity contribution in [1.82, 2.24) is 10.6 Å². The Labute approximate surface area is 273 Å². The summed E-state index contributed by atoms with van der Waals surface area (Å²) < 4.78 is 6.31. The van der Waals surface area contributed by atoms with Crippen molar-refractivity contribution in [3.63, 3.8) is 0 Å². The molecular formula is C43H31N3O. The largest absolute Gasteiger partial charge is 0.456 e. The zero-order valence-electron chi connectivity index (χ0n) is 25.6. The normalized spacial score (nSPS) is 16.3. The molecule has 1 aliphatic heterocycles. The molecule has 0 spiro atoms. The smallest absolute Gasteiger partial charge is 0.135 e. The minimum absolute atomic E-state index is 0.145. The SMILES string of the molecule is c1ccc(C2=NC(c3ccccc3)NC(c3ccc4oc5ccc(-c6ccc(-c7ccc8ccccc8c7)cc6)cc5c4c3)N2)cc1. The maximum absolute atomic E-state index is 6.31. The van der Waals surface area contributed by atoms with E-state index in [4.69, 9.17) is 9.41 Å². The lowest BCUT2D eigenvalue weighted by Gasteiger charge is -2.32. The van der Waals surface area contributed by atoms with Crippen LogP contribution >= 0.6 is 0 Å². The van der Waals surface area contributed by atoms with Crippen molar-refractivity contribution < 1.29 is 4.42 Å². The average molecular weight is 606 g/mol. The highest BCUT2D eigenvalue weighted by atomic mass is 16.3. The van der Waals surface area contributed by atoms with Crippen LogP contribution in [0.4, 0.5) is 0 Å². The number of aliphatic imine (C=N–C) groups is 1. The molecule has 0 aliphatic carbocycles. The predicted octanol–water partition coefficient (Wildman–Crippen LogP) is 10.4. The molecule has 0 bridgehead atoms. The van der Waals surface area contributed by atoms with Gasteiger partial charge in [-0.25, -0.2) is 4.99 Å². The van der Waals surface area contributed by atoms with Crippen LogP contribution in [0.2, 0.25) is 0 Å². The molecule has 0 saturated carbocycles. The van der Waals surface area contributed by atoms with Crippen LogP contribution in [-0.4, -0.2) is 5.84 Å². The first-order chi connectivity index (χ1) is 23.2. The number of nitrogens with one attached hydrogen (secondary N) is 2. The van der Waals surface area contributed by atoms with E-state index in [0.29, 0.717) is 0 Å². The molecule has 7 aromatic carbocycles. The van der Waals surface area contributed by atoms with E-state index in [9.17, 15) is 0 Å². The minimum atomic E-state index is -0.182. The molecule has 1 aromatic heterocycles. The second-order valence-corrected chi connectivity index (χ2v) is 12.1. The van der Waals surface area contributed by atoms with E-state index in [0.717, 1.165) is 50.0 Å². The highest BCUT2D eigenvalue weighted by Gasteiger charge is 2.26. The second-order valence-electron chi connectivity index (χ2n) is 12.1. The summed E-state index contributed by atoms with van der Waals surface area (Å²) in [6.07, 6.45) is -0.327. The van der Waals surface area contributed by atoms with E-state index < -0.39 is 0 Å². The Morgan fingerprint density at radius 1 is 0.447 bits per heavy atom. The van der Waals surface area contributed by atoms with Gasteiger partial charge in [0.2, 0.25) is 0 Å². The number of rotatable bonds is 5. The number of benzene rings is 7. The first-order valence-electron chi connectivity index (χ1n) is 16.0. The second kappa shape index (κ2) is 11.4. The van der Waals surface area contributed by atoms with Crippen LogP contribution in [0.1, 0.15) is 29.0 Å². The highest BCUT2D eigenvalue weighted by Crippen LogP contribution is 2.35. The molecule has 8 aromatic rings. The monoisotopic (exact) mass is 605 g/mol. The third kappa shape index (κ3) is 5.15. The summed E-state index contributed by atoms with van der Waals surface area (Å²) in [5.41, 5.74) is 9.82. The first kappa shape index (κ1) is 27.3. The fourth-order valence-corrected chi connectivity index (χ4v) is 6.66. The van der Waals surface area contributed by atoms with Crippen LogP contribution in [0.3, 0.4) is 0 Å². The van der Waals surface area contributed by atoms with E-state index in [-0.39, 0.29) is 12.3 Å². The van der Waals surface area contributed by atoms with Gasteiger partial charge in [-0.05, 0) is 74.5 Å². The Bertz CT molecular complexity index is 2410. The highest BCUT2D eigenvalue weighted by molar-refractivity contribution is 6.07. The molecule has 47 heavy (non-hydrogen) atoms. The van der Waals surface area contributed by atoms with Gasteiger partial charge >= 0.3 is 0 Å². The lowest BCUT2D eigenvalue weighted by molar-refractivity contribution is 0.409. The topological polar surface area (TPSA) is 49.6 Å². The van der Waals surface area contributed by atoms with E-state index in [1.54, 1.807) is 0 Å². The van der Waals surface area contributed by atoms with Crippen LogP contribution in [-0.2, 0) is 0 Å². The number of fused-ring (bicyclic) bond motifs is 4. The zero-order chi connectivity index (χ0) is 31.2. The van der Waals surface area contributed by atoms with Gasteiger partial charge in [-0.3, -0.25) is 5.32 Å². The Morgan fingerprint density at radius 2 is 1.04 bits per heavy atom. The van der Waals surface area contributed by atoms with Crippen molar-refractivity contribution in [3.05, 3.63) is 180 Å². The molecule has 2 unspecified atom stereocenters. The van der Waals surface area contributed by atoms with Crippen molar-refractivity contribution in [2.45, 2.75) is 12.3 Å². The van der Waals surface area contributed by atoms with Crippen LogP contribution in [0.5, 0.6) is 0 Å². The van der Waals surface area contributed by atoms with Gasteiger partial charge < -0.3 is 9.73 Å². The number of hydrogen-bond acceptors (Lipinski definition) is 4. The number of nitrogens with zero attached hydrogens (tertiary/aromatic N) is 1. The minimum Gasteiger partial charge on any atom is -0.456 e. The third-order valence-corrected chi connectivity index (χ3v) is 9.15. The van der Waals surface area contributed by atoms with Crippen molar-refractivity contribution in [2.75, 3.05) is 0 Å². The van der Waals surface area contributed by atoms with Gasteiger partial charge in [-0.15, -0.1) is 0 Å².